The number of carbonyl (C=O) groups is 2. The summed E-state index contributed by atoms with van der Waals surface area (Å²) in [5, 5.41) is 3.65. The van der Waals surface area contributed by atoms with E-state index in [9.17, 15) is 18.0 Å². The first-order chi connectivity index (χ1) is 19.6. The van der Waals surface area contributed by atoms with Crippen molar-refractivity contribution in [2.45, 2.75) is 76.4 Å². The second-order valence-electron chi connectivity index (χ2n) is 10.6. The molecule has 1 fully saturated rings. The Bertz CT molecular complexity index is 1450. The van der Waals surface area contributed by atoms with Crippen LogP contribution in [0.15, 0.2) is 77.7 Å². The standard InChI is InChI=1S/C32H38ClN3O4S/c1-4-26-9-5-8-12-30(26)36(41(39,40)29-19-13-23(2)14-20-29)22-31(37)35(21-25-15-17-27(33)18-16-25)24(3)32(38)34-28-10-6-7-11-28/h5,8-9,12-20,24,28H,4,6-7,10-11,21-22H2,1-3H3,(H,34,38)/t24-/m1/s1. The van der Waals surface area contributed by atoms with Gasteiger partial charge in [0, 0.05) is 17.6 Å². The third kappa shape index (κ3) is 7.49. The number of para-hydroxylation sites is 1. The molecule has 1 N–H and O–H groups in total. The molecule has 1 aliphatic carbocycles. The molecule has 3 aromatic carbocycles. The van der Waals surface area contributed by atoms with Gasteiger partial charge in [0.1, 0.15) is 12.6 Å². The SMILES string of the molecule is CCc1ccccc1N(CC(=O)N(Cc1ccc(Cl)cc1)[C@H](C)C(=O)NC1CCCC1)S(=O)(=O)c1ccc(C)cc1. The molecule has 9 heteroatoms. The maximum absolute atomic E-state index is 14.1. The molecule has 0 radical (unpaired) electrons. The monoisotopic (exact) mass is 595 g/mol. The van der Waals surface area contributed by atoms with E-state index in [-0.39, 0.29) is 23.4 Å². The van der Waals surface area contributed by atoms with Crippen molar-refractivity contribution in [2.75, 3.05) is 10.8 Å². The first kappa shape index (κ1) is 30.6. The van der Waals surface area contributed by atoms with Crippen molar-refractivity contribution >= 4 is 39.1 Å². The summed E-state index contributed by atoms with van der Waals surface area (Å²) in [6.45, 7) is 5.19. The predicted molar refractivity (Wildman–Crippen MR) is 163 cm³/mol. The number of sulfonamides is 1. The van der Waals surface area contributed by atoms with Gasteiger partial charge in [0.25, 0.3) is 10.0 Å². The number of nitrogens with zero attached hydrogens (tertiary/aromatic N) is 2. The summed E-state index contributed by atoms with van der Waals surface area (Å²) in [6.07, 6.45) is 4.55. The minimum absolute atomic E-state index is 0.0901. The molecule has 0 spiro atoms. The van der Waals surface area contributed by atoms with Gasteiger partial charge in [-0.05, 0) is 74.6 Å². The Hall–Kier alpha value is -3.36. The van der Waals surface area contributed by atoms with Crippen molar-refractivity contribution in [3.63, 3.8) is 0 Å². The van der Waals surface area contributed by atoms with Gasteiger partial charge >= 0.3 is 0 Å². The maximum atomic E-state index is 14.1. The Balaban J connectivity index is 1.71. The number of rotatable bonds is 11. The molecule has 0 bridgehead atoms. The van der Waals surface area contributed by atoms with Crippen LogP contribution in [0.4, 0.5) is 5.69 Å². The van der Waals surface area contributed by atoms with Crippen molar-refractivity contribution < 1.29 is 18.0 Å². The van der Waals surface area contributed by atoms with Gasteiger partial charge < -0.3 is 10.2 Å². The molecule has 1 atom stereocenters. The Kier molecular flexibility index (Phi) is 10.1. The highest BCUT2D eigenvalue weighted by atomic mass is 35.5. The topological polar surface area (TPSA) is 86.8 Å². The van der Waals surface area contributed by atoms with Crippen LogP contribution in [-0.4, -0.2) is 43.8 Å². The van der Waals surface area contributed by atoms with E-state index in [0.717, 1.165) is 42.4 Å². The first-order valence-corrected chi connectivity index (χ1v) is 15.9. The van der Waals surface area contributed by atoms with E-state index in [1.807, 2.05) is 26.0 Å². The van der Waals surface area contributed by atoms with Gasteiger partial charge in [0.05, 0.1) is 10.6 Å². The van der Waals surface area contributed by atoms with E-state index in [0.29, 0.717) is 17.1 Å². The van der Waals surface area contributed by atoms with Gasteiger partial charge in [-0.1, -0.05) is 79.4 Å². The van der Waals surface area contributed by atoms with Gasteiger partial charge in [0.15, 0.2) is 0 Å². The molecule has 0 aromatic heterocycles. The fraction of sp³-hybridized carbons (Fsp3) is 0.375. The molecule has 0 unspecified atom stereocenters. The molecule has 7 nitrogen and oxygen atoms in total. The number of carbonyl (C=O) groups excluding carboxylic acids is 2. The molecule has 1 saturated carbocycles. The lowest BCUT2D eigenvalue weighted by molar-refractivity contribution is -0.139. The Morgan fingerprint density at radius 2 is 1.61 bits per heavy atom. The van der Waals surface area contributed by atoms with Crippen LogP contribution in [0.5, 0.6) is 0 Å². The third-order valence-corrected chi connectivity index (χ3v) is 9.69. The maximum Gasteiger partial charge on any atom is 0.264 e. The van der Waals surface area contributed by atoms with Crippen molar-refractivity contribution in [3.8, 4) is 0 Å². The number of hydrogen-bond acceptors (Lipinski definition) is 4. The number of aryl methyl sites for hydroxylation is 2. The summed E-state index contributed by atoms with van der Waals surface area (Å²) in [4.78, 5) is 29.0. The summed E-state index contributed by atoms with van der Waals surface area (Å²) in [5.41, 5.74) is 2.95. The first-order valence-electron chi connectivity index (χ1n) is 14.1. The van der Waals surface area contributed by atoms with E-state index in [4.69, 9.17) is 11.6 Å². The summed E-state index contributed by atoms with van der Waals surface area (Å²) < 4.78 is 29.3. The second-order valence-corrected chi connectivity index (χ2v) is 12.9. The molecular formula is C32H38ClN3O4S. The van der Waals surface area contributed by atoms with E-state index < -0.39 is 28.5 Å². The summed E-state index contributed by atoms with van der Waals surface area (Å²) in [7, 11) is -4.11. The highest BCUT2D eigenvalue weighted by molar-refractivity contribution is 7.92. The Labute approximate surface area is 248 Å². The van der Waals surface area contributed by atoms with Crippen LogP contribution < -0.4 is 9.62 Å². The Morgan fingerprint density at radius 3 is 2.24 bits per heavy atom. The van der Waals surface area contributed by atoms with Crippen molar-refractivity contribution in [1.82, 2.24) is 10.2 Å². The lowest BCUT2D eigenvalue weighted by Crippen LogP contribution is -2.52. The lowest BCUT2D eigenvalue weighted by atomic mass is 10.1. The average molecular weight is 596 g/mol. The van der Waals surface area contributed by atoms with Gasteiger partial charge in [-0.15, -0.1) is 0 Å². The van der Waals surface area contributed by atoms with Gasteiger partial charge in [-0.2, -0.15) is 0 Å². The number of anilines is 1. The summed E-state index contributed by atoms with van der Waals surface area (Å²) in [6, 6.07) is 20.1. The fourth-order valence-electron chi connectivity index (χ4n) is 5.16. The second kappa shape index (κ2) is 13.5. The third-order valence-electron chi connectivity index (χ3n) is 7.66. The lowest BCUT2D eigenvalue weighted by Gasteiger charge is -2.33. The van der Waals surface area contributed by atoms with E-state index in [2.05, 4.69) is 5.32 Å². The molecule has 218 valence electrons. The van der Waals surface area contributed by atoms with Gasteiger partial charge in [0.2, 0.25) is 11.8 Å². The van der Waals surface area contributed by atoms with Crippen LogP contribution in [-0.2, 0) is 32.6 Å². The van der Waals surface area contributed by atoms with Crippen molar-refractivity contribution in [3.05, 3.63) is 94.5 Å². The predicted octanol–water partition coefficient (Wildman–Crippen LogP) is 5.88. The van der Waals surface area contributed by atoms with Crippen LogP contribution in [0, 0.1) is 6.92 Å². The zero-order valence-corrected chi connectivity index (χ0v) is 25.4. The van der Waals surface area contributed by atoms with E-state index in [1.54, 1.807) is 67.6 Å². The van der Waals surface area contributed by atoms with Crippen LogP contribution in [0.25, 0.3) is 0 Å². The number of hydrogen-bond donors (Lipinski definition) is 1. The Morgan fingerprint density at radius 1 is 0.976 bits per heavy atom. The highest BCUT2D eigenvalue weighted by Crippen LogP contribution is 2.28. The molecule has 1 aliphatic rings. The molecule has 0 saturated heterocycles. The highest BCUT2D eigenvalue weighted by Gasteiger charge is 2.34. The molecule has 41 heavy (non-hydrogen) atoms. The van der Waals surface area contributed by atoms with Gasteiger partial charge in [-0.25, -0.2) is 8.42 Å². The zero-order valence-electron chi connectivity index (χ0n) is 23.8. The average Bonchev–Trinajstić information content (AvgIpc) is 3.48. The molecule has 0 aliphatic heterocycles. The zero-order chi connectivity index (χ0) is 29.6. The van der Waals surface area contributed by atoms with E-state index >= 15 is 0 Å². The normalized spacial score (nSPS) is 14.4. The van der Waals surface area contributed by atoms with Crippen LogP contribution in [0.2, 0.25) is 5.02 Å². The molecule has 3 aromatic rings. The van der Waals surface area contributed by atoms with Crippen molar-refractivity contribution in [2.24, 2.45) is 0 Å². The summed E-state index contributed by atoms with van der Waals surface area (Å²) in [5.74, 6) is -0.725. The number of benzene rings is 3. The van der Waals surface area contributed by atoms with Crippen LogP contribution in [0.1, 0.15) is 56.2 Å². The minimum atomic E-state index is -4.11. The van der Waals surface area contributed by atoms with Gasteiger partial charge in [-0.3, -0.25) is 13.9 Å². The fourth-order valence-corrected chi connectivity index (χ4v) is 6.74. The molecule has 4 rings (SSSR count). The quantitative estimate of drug-likeness (QED) is 0.300. The number of nitrogens with one attached hydrogen (secondary N) is 1. The molecule has 0 heterocycles. The summed E-state index contributed by atoms with van der Waals surface area (Å²) >= 11 is 6.08. The van der Waals surface area contributed by atoms with Crippen molar-refractivity contribution in [1.29, 1.82) is 0 Å². The minimum Gasteiger partial charge on any atom is -0.352 e. The van der Waals surface area contributed by atoms with E-state index in [1.165, 1.54) is 9.21 Å². The smallest absolute Gasteiger partial charge is 0.264 e. The number of halogens is 1. The number of amides is 2. The van der Waals surface area contributed by atoms with Crippen LogP contribution >= 0.6 is 11.6 Å². The van der Waals surface area contributed by atoms with Crippen LogP contribution in [0.3, 0.4) is 0 Å². The molecule has 2 amide bonds. The largest absolute Gasteiger partial charge is 0.352 e. The molecular weight excluding hydrogens is 558 g/mol.